The Morgan fingerprint density at radius 1 is 1.37 bits per heavy atom. The number of allylic oxidation sites excluding steroid dienone is 1. The lowest BCUT2D eigenvalue weighted by atomic mass is 10.2. The molecule has 0 aromatic heterocycles. The van der Waals surface area contributed by atoms with Crippen molar-refractivity contribution in [3.05, 3.63) is 47.0 Å². The average molecular weight is 394 g/mol. The van der Waals surface area contributed by atoms with Crippen LogP contribution in [0.1, 0.15) is 18.9 Å². The monoisotopic (exact) mass is 393 g/mol. The Labute approximate surface area is 137 Å². The molecule has 2 N–H and O–H groups in total. The second-order valence-electron chi connectivity index (χ2n) is 3.84. The Bertz CT molecular complexity index is 419. The van der Waals surface area contributed by atoms with E-state index in [-0.39, 0.29) is 24.0 Å². The second-order valence-corrected chi connectivity index (χ2v) is 4.28. The molecule has 0 bridgehead atoms. The van der Waals surface area contributed by atoms with E-state index >= 15 is 0 Å². The summed E-state index contributed by atoms with van der Waals surface area (Å²) in [5.41, 5.74) is 1.14. The molecule has 0 fully saturated rings. The topological polar surface area (TPSA) is 36.4 Å². The maximum Gasteiger partial charge on any atom is 0.191 e. The minimum Gasteiger partial charge on any atom is -0.356 e. The van der Waals surface area contributed by atoms with Gasteiger partial charge in [-0.15, -0.1) is 24.0 Å². The van der Waals surface area contributed by atoms with Gasteiger partial charge in [0.15, 0.2) is 5.96 Å². The minimum absolute atomic E-state index is 0. The summed E-state index contributed by atoms with van der Waals surface area (Å²) in [7, 11) is 1.77. The number of nitrogens with one attached hydrogen (secondary N) is 2. The zero-order valence-electron chi connectivity index (χ0n) is 11.3. The summed E-state index contributed by atoms with van der Waals surface area (Å²) in [5.74, 6) is 0.805. The first kappa shape index (κ1) is 18.2. The summed E-state index contributed by atoms with van der Waals surface area (Å²) < 4.78 is 0. The van der Waals surface area contributed by atoms with Gasteiger partial charge < -0.3 is 10.6 Å². The number of rotatable bonds is 5. The van der Waals surface area contributed by atoms with Crippen LogP contribution in [0.5, 0.6) is 0 Å². The van der Waals surface area contributed by atoms with Crippen LogP contribution in [0.15, 0.2) is 41.4 Å². The van der Waals surface area contributed by atoms with Gasteiger partial charge in [-0.05, 0) is 31.0 Å². The van der Waals surface area contributed by atoms with Crippen LogP contribution in [0.3, 0.4) is 0 Å². The summed E-state index contributed by atoms with van der Waals surface area (Å²) in [6, 6.07) is 7.80. The highest BCUT2D eigenvalue weighted by atomic mass is 127. The number of hydrogen-bond acceptors (Lipinski definition) is 1. The molecule has 3 nitrogen and oxygen atoms in total. The van der Waals surface area contributed by atoms with Gasteiger partial charge in [-0.3, -0.25) is 4.99 Å². The van der Waals surface area contributed by atoms with Gasteiger partial charge in [0.05, 0.1) is 0 Å². The van der Waals surface area contributed by atoms with Gasteiger partial charge in [-0.2, -0.15) is 0 Å². The van der Waals surface area contributed by atoms with E-state index < -0.39 is 0 Å². The van der Waals surface area contributed by atoms with Crippen LogP contribution in [0, 0.1) is 0 Å². The maximum atomic E-state index is 5.93. The molecule has 1 rings (SSSR count). The summed E-state index contributed by atoms with van der Waals surface area (Å²) >= 11 is 5.93. The van der Waals surface area contributed by atoms with Crippen molar-refractivity contribution < 1.29 is 0 Å². The van der Waals surface area contributed by atoms with Crippen molar-refractivity contribution in [2.24, 2.45) is 4.99 Å². The van der Waals surface area contributed by atoms with E-state index in [1.54, 1.807) is 7.05 Å². The predicted octanol–water partition coefficient (Wildman–Crippen LogP) is 3.59. The molecule has 0 saturated carbocycles. The molecule has 0 saturated heterocycles. The van der Waals surface area contributed by atoms with Gasteiger partial charge in [0.25, 0.3) is 0 Å². The van der Waals surface area contributed by atoms with Crippen molar-refractivity contribution in [2.45, 2.75) is 19.9 Å². The number of benzene rings is 1. The van der Waals surface area contributed by atoms with Gasteiger partial charge in [0.2, 0.25) is 0 Å². The van der Waals surface area contributed by atoms with Gasteiger partial charge >= 0.3 is 0 Å². The van der Waals surface area contributed by atoms with Crippen LogP contribution in [-0.2, 0) is 6.54 Å². The Kier molecular flexibility index (Phi) is 10.7. The fourth-order valence-electron chi connectivity index (χ4n) is 1.49. The molecular formula is C14H21ClIN3. The highest BCUT2D eigenvalue weighted by molar-refractivity contribution is 14.0. The van der Waals surface area contributed by atoms with Crippen molar-refractivity contribution >= 4 is 41.5 Å². The molecule has 0 radical (unpaired) electrons. The summed E-state index contributed by atoms with van der Waals surface area (Å²) in [6.45, 7) is 3.61. The molecule has 0 unspecified atom stereocenters. The third-order valence-corrected chi connectivity index (χ3v) is 2.65. The molecule has 1 aromatic rings. The Hall–Kier alpha value is -0.750. The van der Waals surface area contributed by atoms with Gasteiger partial charge in [-0.1, -0.05) is 35.9 Å². The van der Waals surface area contributed by atoms with E-state index in [0.29, 0.717) is 6.54 Å². The van der Waals surface area contributed by atoms with Crippen molar-refractivity contribution in [1.29, 1.82) is 0 Å². The molecule has 0 atom stereocenters. The standard InChI is InChI=1S/C14H20ClN3.HI/c1-3-4-5-9-17-14(16-2)18-11-12-7-6-8-13(15)10-12;/h3-4,6-8,10H,5,9,11H2,1-2H3,(H2,16,17,18);1H. The van der Waals surface area contributed by atoms with Crippen molar-refractivity contribution in [1.82, 2.24) is 10.6 Å². The van der Waals surface area contributed by atoms with Crippen molar-refractivity contribution in [3.63, 3.8) is 0 Å². The molecule has 5 heteroatoms. The van der Waals surface area contributed by atoms with Crippen LogP contribution in [0.25, 0.3) is 0 Å². The molecule has 0 amide bonds. The number of guanidine groups is 1. The highest BCUT2D eigenvalue weighted by Gasteiger charge is 1.97. The first-order valence-electron chi connectivity index (χ1n) is 6.06. The lowest BCUT2D eigenvalue weighted by molar-refractivity contribution is 0.804. The zero-order valence-corrected chi connectivity index (χ0v) is 14.4. The normalized spacial score (nSPS) is 11.2. The lowest BCUT2D eigenvalue weighted by Gasteiger charge is -2.11. The largest absolute Gasteiger partial charge is 0.356 e. The molecular weight excluding hydrogens is 373 g/mol. The molecule has 0 heterocycles. The Balaban J connectivity index is 0.00000324. The summed E-state index contributed by atoms with van der Waals surface area (Å²) in [5, 5.41) is 7.24. The number of hydrogen-bond donors (Lipinski definition) is 2. The second kappa shape index (κ2) is 11.1. The van der Waals surface area contributed by atoms with Crippen LogP contribution < -0.4 is 10.6 Å². The van der Waals surface area contributed by atoms with Crippen LogP contribution in [-0.4, -0.2) is 19.6 Å². The van der Waals surface area contributed by atoms with Crippen molar-refractivity contribution in [2.75, 3.05) is 13.6 Å². The molecule has 1 aromatic carbocycles. The quantitative estimate of drug-likeness (QED) is 0.264. The zero-order chi connectivity index (χ0) is 13.2. The van der Waals surface area contributed by atoms with Crippen LogP contribution in [0.4, 0.5) is 0 Å². The third-order valence-electron chi connectivity index (χ3n) is 2.41. The molecule has 0 spiro atoms. The third kappa shape index (κ3) is 8.10. The van der Waals surface area contributed by atoms with Gasteiger partial charge in [0.1, 0.15) is 0 Å². The SMILES string of the molecule is CC=CCCNC(=NC)NCc1cccc(Cl)c1.I. The summed E-state index contributed by atoms with van der Waals surface area (Å²) in [6.07, 6.45) is 5.16. The number of aliphatic imine (C=N–C) groups is 1. The fraction of sp³-hybridized carbons (Fsp3) is 0.357. The van der Waals surface area contributed by atoms with Crippen molar-refractivity contribution in [3.8, 4) is 0 Å². The van der Waals surface area contributed by atoms with Crippen LogP contribution >= 0.6 is 35.6 Å². The van der Waals surface area contributed by atoms with E-state index in [4.69, 9.17) is 11.6 Å². The average Bonchev–Trinajstić information content (AvgIpc) is 2.38. The Morgan fingerprint density at radius 3 is 2.79 bits per heavy atom. The first-order valence-corrected chi connectivity index (χ1v) is 6.44. The number of halogens is 2. The summed E-state index contributed by atoms with van der Waals surface area (Å²) in [4.78, 5) is 4.16. The molecule has 106 valence electrons. The van der Waals surface area contributed by atoms with E-state index in [1.807, 2.05) is 37.3 Å². The first-order chi connectivity index (χ1) is 8.76. The molecule has 0 aliphatic heterocycles. The van der Waals surface area contributed by atoms with E-state index in [2.05, 4.69) is 21.7 Å². The minimum atomic E-state index is 0. The van der Waals surface area contributed by atoms with Crippen LogP contribution in [0.2, 0.25) is 5.02 Å². The van der Waals surface area contributed by atoms with Gasteiger partial charge in [0, 0.05) is 25.2 Å². The number of nitrogens with zero attached hydrogens (tertiary/aromatic N) is 1. The highest BCUT2D eigenvalue weighted by Crippen LogP contribution is 2.09. The predicted molar refractivity (Wildman–Crippen MR) is 94.5 cm³/mol. The maximum absolute atomic E-state index is 5.93. The smallest absolute Gasteiger partial charge is 0.191 e. The Morgan fingerprint density at radius 2 is 2.16 bits per heavy atom. The molecule has 19 heavy (non-hydrogen) atoms. The molecule has 0 aliphatic carbocycles. The van der Waals surface area contributed by atoms with E-state index in [9.17, 15) is 0 Å². The van der Waals surface area contributed by atoms with Gasteiger partial charge in [-0.25, -0.2) is 0 Å². The lowest BCUT2D eigenvalue weighted by Crippen LogP contribution is -2.37. The molecule has 0 aliphatic rings. The van der Waals surface area contributed by atoms with E-state index in [1.165, 1.54) is 0 Å². The fourth-order valence-corrected chi connectivity index (χ4v) is 1.71. The van der Waals surface area contributed by atoms with E-state index in [0.717, 1.165) is 29.5 Å².